The Hall–Kier alpha value is -1.44. The van der Waals surface area contributed by atoms with Gasteiger partial charge in [-0.1, -0.05) is 24.6 Å². The van der Waals surface area contributed by atoms with Crippen LogP contribution in [0.15, 0.2) is 29.2 Å². The molecule has 0 radical (unpaired) electrons. The van der Waals surface area contributed by atoms with Crippen LogP contribution in [0.3, 0.4) is 0 Å². The molecule has 0 bridgehead atoms. The Bertz CT molecular complexity index is 570. The van der Waals surface area contributed by atoms with E-state index in [-0.39, 0.29) is 23.9 Å². The van der Waals surface area contributed by atoms with E-state index in [1.165, 1.54) is 0 Å². The number of carbonyl (C=O) groups is 1. The van der Waals surface area contributed by atoms with Gasteiger partial charge in [0.1, 0.15) is 6.10 Å². The summed E-state index contributed by atoms with van der Waals surface area (Å²) >= 11 is 0. The van der Waals surface area contributed by atoms with Gasteiger partial charge in [0, 0.05) is 19.7 Å². The van der Waals surface area contributed by atoms with Gasteiger partial charge in [-0.2, -0.15) is 0 Å². The van der Waals surface area contributed by atoms with Crippen molar-refractivity contribution in [3.8, 4) is 0 Å². The molecule has 1 aromatic carbocycles. The third-order valence-electron chi connectivity index (χ3n) is 3.08. The molecule has 124 valence electrons. The van der Waals surface area contributed by atoms with Gasteiger partial charge in [0.05, 0.1) is 4.90 Å². The SMILES string of the molecule is CCOC(CC)C(=O)NCCNS(=O)(=O)c1ccc(C)cc1. The Morgan fingerprint density at radius 3 is 2.36 bits per heavy atom. The van der Waals surface area contributed by atoms with Crippen molar-refractivity contribution in [2.75, 3.05) is 19.7 Å². The first-order valence-electron chi connectivity index (χ1n) is 7.36. The van der Waals surface area contributed by atoms with Gasteiger partial charge >= 0.3 is 0 Å². The van der Waals surface area contributed by atoms with Crippen LogP contribution in [-0.2, 0) is 19.6 Å². The number of amides is 1. The Balaban J connectivity index is 2.43. The number of hydrogen-bond acceptors (Lipinski definition) is 4. The molecule has 0 aliphatic heterocycles. The largest absolute Gasteiger partial charge is 0.369 e. The summed E-state index contributed by atoms with van der Waals surface area (Å²) in [5.74, 6) is -0.223. The molecule has 0 saturated carbocycles. The molecule has 2 N–H and O–H groups in total. The third kappa shape index (κ3) is 5.75. The van der Waals surface area contributed by atoms with Gasteiger partial charge in [0.25, 0.3) is 0 Å². The third-order valence-corrected chi connectivity index (χ3v) is 4.56. The number of carbonyl (C=O) groups excluding carboxylic acids is 1. The fraction of sp³-hybridized carbons (Fsp3) is 0.533. The summed E-state index contributed by atoms with van der Waals surface area (Å²) in [7, 11) is -3.54. The highest BCUT2D eigenvalue weighted by atomic mass is 32.2. The lowest BCUT2D eigenvalue weighted by molar-refractivity contribution is -0.132. The van der Waals surface area contributed by atoms with Crippen molar-refractivity contribution in [3.05, 3.63) is 29.8 Å². The lowest BCUT2D eigenvalue weighted by atomic mass is 10.2. The minimum atomic E-state index is -3.54. The summed E-state index contributed by atoms with van der Waals surface area (Å²) in [6, 6.07) is 6.59. The van der Waals surface area contributed by atoms with Crippen molar-refractivity contribution in [2.45, 2.75) is 38.2 Å². The van der Waals surface area contributed by atoms with Gasteiger partial charge in [-0.3, -0.25) is 4.79 Å². The molecular weight excluding hydrogens is 304 g/mol. The van der Waals surface area contributed by atoms with Crippen LogP contribution in [0.4, 0.5) is 0 Å². The summed E-state index contributed by atoms with van der Waals surface area (Å²) in [6.45, 7) is 6.39. The number of rotatable bonds is 9. The van der Waals surface area contributed by atoms with Gasteiger partial charge in [0.2, 0.25) is 15.9 Å². The van der Waals surface area contributed by atoms with E-state index >= 15 is 0 Å². The molecular formula is C15H24N2O4S. The number of ether oxygens (including phenoxy) is 1. The summed E-state index contributed by atoms with van der Waals surface area (Å²) in [5.41, 5.74) is 0.993. The highest BCUT2D eigenvalue weighted by molar-refractivity contribution is 7.89. The zero-order valence-electron chi connectivity index (χ0n) is 13.3. The molecule has 1 unspecified atom stereocenters. The average Bonchev–Trinajstić information content (AvgIpc) is 2.49. The van der Waals surface area contributed by atoms with Gasteiger partial charge in [-0.05, 0) is 32.4 Å². The first-order chi connectivity index (χ1) is 10.4. The molecule has 1 rings (SSSR count). The maximum absolute atomic E-state index is 12.0. The number of aryl methyl sites for hydroxylation is 1. The second kappa shape index (κ2) is 8.87. The second-order valence-electron chi connectivity index (χ2n) is 4.85. The summed E-state index contributed by atoms with van der Waals surface area (Å²) in [5, 5.41) is 2.66. The van der Waals surface area contributed by atoms with E-state index in [9.17, 15) is 13.2 Å². The van der Waals surface area contributed by atoms with Crippen molar-refractivity contribution < 1.29 is 17.9 Å². The van der Waals surface area contributed by atoms with Crippen LogP contribution in [0, 0.1) is 6.92 Å². The van der Waals surface area contributed by atoms with Crippen LogP contribution < -0.4 is 10.0 Å². The molecule has 1 atom stereocenters. The van der Waals surface area contributed by atoms with Crippen molar-refractivity contribution >= 4 is 15.9 Å². The quantitative estimate of drug-likeness (QED) is 0.667. The molecule has 7 heteroatoms. The molecule has 0 heterocycles. The summed E-state index contributed by atoms with van der Waals surface area (Å²) in [4.78, 5) is 12.0. The van der Waals surface area contributed by atoms with Crippen LogP contribution >= 0.6 is 0 Å². The molecule has 0 fully saturated rings. The number of sulfonamides is 1. The molecule has 6 nitrogen and oxygen atoms in total. The van der Waals surface area contributed by atoms with Crippen LogP contribution in [0.25, 0.3) is 0 Å². The number of benzene rings is 1. The van der Waals surface area contributed by atoms with Crippen LogP contribution in [0.5, 0.6) is 0 Å². The predicted octanol–water partition coefficient (Wildman–Crippen LogP) is 1.20. The lowest BCUT2D eigenvalue weighted by Crippen LogP contribution is -2.40. The fourth-order valence-electron chi connectivity index (χ4n) is 1.87. The van der Waals surface area contributed by atoms with E-state index in [2.05, 4.69) is 10.0 Å². The first kappa shape index (κ1) is 18.6. The number of nitrogens with one attached hydrogen (secondary N) is 2. The smallest absolute Gasteiger partial charge is 0.249 e. The van der Waals surface area contributed by atoms with Crippen LogP contribution in [-0.4, -0.2) is 40.1 Å². The molecule has 0 spiro atoms. The zero-order chi connectivity index (χ0) is 16.6. The van der Waals surface area contributed by atoms with Crippen molar-refractivity contribution in [2.24, 2.45) is 0 Å². The van der Waals surface area contributed by atoms with Gasteiger partial charge in [-0.25, -0.2) is 13.1 Å². The molecule has 0 aliphatic carbocycles. The highest BCUT2D eigenvalue weighted by Crippen LogP contribution is 2.09. The van der Waals surface area contributed by atoms with Crippen LogP contribution in [0.1, 0.15) is 25.8 Å². The highest BCUT2D eigenvalue weighted by Gasteiger charge is 2.16. The molecule has 22 heavy (non-hydrogen) atoms. The maximum Gasteiger partial charge on any atom is 0.249 e. The van der Waals surface area contributed by atoms with E-state index in [0.717, 1.165) is 5.56 Å². The first-order valence-corrected chi connectivity index (χ1v) is 8.84. The standard InChI is InChI=1S/C15H24N2O4S/c1-4-14(21-5-2)15(18)16-10-11-17-22(19,20)13-8-6-12(3)7-9-13/h6-9,14,17H,4-5,10-11H2,1-3H3,(H,16,18). The second-order valence-corrected chi connectivity index (χ2v) is 6.62. The Morgan fingerprint density at radius 2 is 1.82 bits per heavy atom. The van der Waals surface area contributed by atoms with E-state index in [4.69, 9.17) is 4.74 Å². The average molecular weight is 328 g/mol. The summed E-state index contributed by atoms with van der Waals surface area (Å²) < 4.78 is 31.8. The number of hydrogen-bond donors (Lipinski definition) is 2. The Morgan fingerprint density at radius 1 is 1.18 bits per heavy atom. The fourth-order valence-corrected chi connectivity index (χ4v) is 2.90. The molecule has 0 aromatic heterocycles. The van der Waals surface area contributed by atoms with Crippen molar-refractivity contribution in [3.63, 3.8) is 0 Å². The van der Waals surface area contributed by atoms with Crippen molar-refractivity contribution in [1.29, 1.82) is 0 Å². The normalized spacial score (nSPS) is 12.9. The van der Waals surface area contributed by atoms with E-state index in [1.54, 1.807) is 24.3 Å². The zero-order valence-corrected chi connectivity index (χ0v) is 14.1. The van der Waals surface area contributed by atoms with Crippen molar-refractivity contribution in [1.82, 2.24) is 10.0 Å². The molecule has 1 amide bonds. The van der Waals surface area contributed by atoms with Gasteiger partial charge in [0.15, 0.2) is 0 Å². The lowest BCUT2D eigenvalue weighted by Gasteiger charge is -2.15. The molecule has 1 aromatic rings. The van der Waals surface area contributed by atoms with E-state index < -0.39 is 16.1 Å². The molecule has 0 saturated heterocycles. The molecule has 0 aliphatic rings. The topological polar surface area (TPSA) is 84.5 Å². The van der Waals surface area contributed by atoms with E-state index in [1.807, 2.05) is 20.8 Å². The Labute approximate surface area is 132 Å². The minimum absolute atomic E-state index is 0.129. The maximum atomic E-state index is 12.0. The predicted molar refractivity (Wildman–Crippen MR) is 85.1 cm³/mol. The van der Waals surface area contributed by atoms with Crippen LogP contribution in [0.2, 0.25) is 0 Å². The van der Waals surface area contributed by atoms with Gasteiger partial charge < -0.3 is 10.1 Å². The Kier molecular flexibility index (Phi) is 7.50. The monoisotopic (exact) mass is 328 g/mol. The van der Waals surface area contributed by atoms with E-state index in [0.29, 0.717) is 13.0 Å². The minimum Gasteiger partial charge on any atom is -0.369 e. The summed E-state index contributed by atoms with van der Waals surface area (Å²) in [6.07, 6.45) is 0.0908. The van der Waals surface area contributed by atoms with Gasteiger partial charge in [-0.15, -0.1) is 0 Å².